The van der Waals surface area contributed by atoms with Gasteiger partial charge in [-0.2, -0.15) is 0 Å². The molecule has 1 saturated carbocycles. The third-order valence-electron chi connectivity index (χ3n) is 4.31. The van der Waals surface area contributed by atoms with E-state index in [0.717, 1.165) is 50.5 Å². The molecule has 0 spiro atoms. The minimum absolute atomic E-state index is 0.0609. The predicted octanol–water partition coefficient (Wildman–Crippen LogP) is 4.09. The summed E-state index contributed by atoms with van der Waals surface area (Å²) in [5.74, 6) is 0.569. The van der Waals surface area contributed by atoms with Crippen molar-refractivity contribution in [1.29, 1.82) is 0 Å². The molecule has 1 aliphatic carbocycles. The molecule has 1 aromatic rings. The lowest BCUT2D eigenvalue weighted by Gasteiger charge is -2.21. The molecule has 3 nitrogen and oxygen atoms in total. The average molecular weight is 310 g/mol. The number of phenolic OH excluding ortho intramolecular Hbond substituents is 1. The number of hydrogen-bond acceptors (Lipinski definition) is 3. The van der Waals surface area contributed by atoms with Crippen LogP contribution in [0.15, 0.2) is 23.1 Å². The molecule has 0 aromatic heterocycles. The molecule has 1 aliphatic rings. The molecule has 2 rings (SSSR count). The Kier molecular flexibility index (Phi) is 5.68. The van der Waals surface area contributed by atoms with E-state index in [-0.39, 0.29) is 17.4 Å². The van der Waals surface area contributed by atoms with Gasteiger partial charge in [0.15, 0.2) is 9.84 Å². The Labute approximate surface area is 128 Å². The van der Waals surface area contributed by atoms with E-state index in [4.69, 9.17) is 0 Å². The SMILES string of the molecule is CCCCc1cc(O)cc(S(=O)(=O)CC2CCCCC2)c1. The molecule has 0 radical (unpaired) electrons. The van der Waals surface area contributed by atoms with E-state index in [9.17, 15) is 13.5 Å². The molecular weight excluding hydrogens is 284 g/mol. The van der Waals surface area contributed by atoms with Gasteiger partial charge in [-0.05, 0) is 55.4 Å². The number of phenols is 1. The Morgan fingerprint density at radius 2 is 1.86 bits per heavy atom. The molecule has 1 aromatic carbocycles. The van der Waals surface area contributed by atoms with Gasteiger partial charge in [0.2, 0.25) is 0 Å². The fourth-order valence-corrected chi connectivity index (χ4v) is 4.89. The molecule has 0 saturated heterocycles. The van der Waals surface area contributed by atoms with E-state index < -0.39 is 9.84 Å². The van der Waals surface area contributed by atoms with E-state index in [1.807, 2.05) is 0 Å². The molecule has 1 fully saturated rings. The Balaban J connectivity index is 2.16. The maximum Gasteiger partial charge on any atom is 0.178 e. The molecule has 118 valence electrons. The number of benzene rings is 1. The van der Waals surface area contributed by atoms with Gasteiger partial charge in [0.05, 0.1) is 10.6 Å². The van der Waals surface area contributed by atoms with Gasteiger partial charge in [-0.3, -0.25) is 0 Å². The van der Waals surface area contributed by atoms with Crippen LogP contribution in [-0.4, -0.2) is 19.3 Å². The van der Waals surface area contributed by atoms with Gasteiger partial charge in [0.25, 0.3) is 0 Å². The van der Waals surface area contributed by atoms with E-state index >= 15 is 0 Å². The van der Waals surface area contributed by atoms with Gasteiger partial charge < -0.3 is 5.11 Å². The summed E-state index contributed by atoms with van der Waals surface area (Å²) in [4.78, 5) is 0.291. The first kappa shape index (κ1) is 16.3. The highest BCUT2D eigenvalue weighted by molar-refractivity contribution is 7.91. The zero-order chi connectivity index (χ0) is 15.3. The van der Waals surface area contributed by atoms with Crippen molar-refractivity contribution >= 4 is 9.84 Å². The summed E-state index contributed by atoms with van der Waals surface area (Å²) < 4.78 is 25.1. The number of aryl methyl sites for hydroxylation is 1. The molecule has 0 aliphatic heterocycles. The lowest BCUT2D eigenvalue weighted by molar-refractivity contribution is 0.385. The summed E-state index contributed by atoms with van der Waals surface area (Å²) in [5.41, 5.74) is 0.916. The number of rotatable bonds is 6. The molecular formula is C17H26O3S. The van der Waals surface area contributed by atoms with Crippen molar-refractivity contribution in [3.05, 3.63) is 23.8 Å². The first-order valence-corrected chi connectivity index (χ1v) is 9.72. The lowest BCUT2D eigenvalue weighted by atomic mass is 9.91. The van der Waals surface area contributed by atoms with Gasteiger partial charge in [0.1, 0.15) is 5.75 Å². The van der Waals surface area contributed by atoms with Crippen LogP contribution in [0.2, 0.25) is 0 Å². The monoisotopic (exact) mass is 310 g/mol. The summed E-state index contributed by atoms with van der Waals surface area (Å²) in [6.45, 7) is 2.10. The van der Waals surface area contributed by atoms with Crippen LogP contribution >= 0.6 is 0 Å². The standard InChI is InChI=1S/C17H26O3S/c1-2-3-7-15-10-16(18)12-17(11-15)21(19,20)13-14-8-5-4-6-9-14/h10-12,14,18H,2-9,13H2,1H3. The van der Waals surface area contributed by atoms with Crippen molar-refractivity contribution in [2.75, 3.05) is 5.75 Å². The molecule has 0 heterocycles. The molecule has 0 amide bonds. The van der Waals surface area contributed by atoms with Crippen LogP contribution in [0.25, 0.3) is 0 Å². The van der Waals surface area contributed by atoms with Gasteiger partial charge in [0, 0.05) is 0 Å². The fourth-order valence-electron chi connectivity index (χ4n) is 3.11. The highest BCUT2D eigenvalue weighted by atomic mass is 32.2. The molecule has 21 heavy (non-hydrogen) atoms. The summed E-state index contributed by atoms with van der Waals surface area (Å²) in [6.07, 6.45) is 8.41. The normalized spacial score (nSPS) is 17.0. The maximum absolute atomic E-state index is 12.6. The predicted molar refractivity (Wildman–Crippen MR) is 85.3 cm³/mol. The molecule has 4 heteroatoms. The smallest absolute Gasteiger partial charge is 0.178 e. The van der Waals surface area contributed by atoms with Crippen LogP contribution in [0.5, 0.6) is 5.75 Å². The summed E-state index contributed by atoms with van der Waals surface area (Å²) >= 11 is 0. The molecule has 0 bridgehead atoms. The second-order valence-corrected chi connectivity index (χ2v) is 8.26. The maximum atomic E-state index is 12.6. The van der Waals surface area contributed by atoms with Crippen LogP contribution in [0.4, 0.5) is 0 Å². The largest absolute Gasteiger partial charge is 0.508 e. The van der Waals surface area contributed by atoms with Gasteiger partial charge in [-0.15, -0.1) is 0 Å². The Morgan fingerprint density at radius 1 is 1.14 bits per heavy atom. The van der Waals surface area contributed by atoms with E-state index in [2.05, 4.69) is 6.92 Å². The minimum Gasteiger partial charge on any atom is -0.508 e. The molecule has 0 unspecified atom stereocenters. The highest BCUT2D eigenvalue weighted by Gasteiger charge is 2.23. The number of unbranched alkanes of at least 4 members (excludes halogenated alkanes) is 1. The van der Waals surface area contributed by atoms with Crippen molar-refractivity contribution in [3.8, 4) is 5.75 Å². The Morgan fingerprint density at radius 3 is 2.52 bits per heavy atom. The van der Waals surface area contributed by atoms with Crippen LogP contribution in [0.3, 0.4) is 0 Å². The van der Waals surface area contributed by atoms with Gasteiger partial charge >= 0.3 is 0 Å². The van der Waals surface area contributed by atoms with Crippen LogP contribution in [-0.2, 0) is 16.3 Å². The Hall–Kier alpha value is -1.03. The summed E-state index contributed by atoms with van der Waals surface area (Å²) in [7, 11) is -3.29. The zero-order valence-corrected chi connectivity index (χ0v) is 13.7. The van der Waals surface area contributed by atoms with Gasteiger partial charge in [-0.1, -0.05) is 32.6 Å². The van der Waals surface area contributed by atoms with E-state index in [1.165, 1.54) is 12.5 Å². The van der Waals surface area contributed by atoms with Crippen molar-refractivity contribution in [3.63, 3.8) is 0 Å². The summed E-state index contributed by atoms with van der Waals surface area (Å²) in [5, 5.41) is 9.80. The number of aromatic hydroxyl groups is 1. The first-order valence-electron chi connectivity index (χ1n) is 8.07. The first-order chi connectivity index (χ1) is 10.0. The van der Waals surface area contributed by atoms with Crippen molar-refractivity contribution < 1.29 is 13.5 Å². The third kappa shape index (κ3) is 4.73. The third-order valence-corrected chi connectivity index (χ3v) is 6.17. The van der Waals surface area contributed by atoms with Crippen LogP contribution in [0, 0.1) is 5.92 Å². The summed E-state index contributed by atoms with van der Waals surface area (Å²) in [6, 6.07) is 4.82. The van der Waals surface area contributed by atoms with Crippen LogP contribution in [0.1, 0.15) is 57.4 Å². The lowest BCUT2D eigenvalue weighted by Crippen LogP contribution is -2.19. The van der Waals surface area contributed by atoms with Gasteiger partial charge in [-0.25, -0.2) is 8.42 Å². The second-order valence-electron chi connectivity index (χ2n) is 6.22. The minimum atomic E-state index is -3.29. The fraction of sp³-hybridized carbons (Fsp3) is 0.647. The Bertz CT molecular complexity index is 557. The topological polar surface area (TPSA) is 54.4 Å². The molecule has 1 N–H and O–H groups in total. The average Bonchev–Trinajstić information content (AvgIpc) is 2.45. The number of sulfone groups is 1. The highest BCUT2D eigenvalue weighted by Crippen LogP contribution is 2.28. The van der Waals surface area contributed by atoms with E-state index in [1.54, 1.807) is 12.1 Å². The second kappa shape index (κ2) is 7.30. The van der Waals surface area contributed by atoms with Crippen molar-refractivity contribution in [2.24, 2.45) is 5.92 Å². The molecule has 0 atom stereocenters. The van der Waals surface area contributed by atoms with E-state index in [0.29, 0.717) is 4.90 Å². The van der Waals surface area contributed by atoms with Crippen LogP contribution < -0.4 is 0 Å². The number of hydrogen-bond donors (Lipinski definition) is 1. The zero-order valence-electron chi connectivity index (χ0n) is 12.8. The van der Waals surface area contributed by atoms with Crippen molar-refractivity contribution in [2.45, 2.75) is 63.2 Å². The van der Waals surface area contributed by atoms with Crippen molar-refractivity contribution in [1.82, 2.24) is 0 Å². The quantitative estimate of drug-likeness (QED) is 0.861.